The Bertz CT molecular complexity index is 713. The average Bonchev–Trinajstić information content (AvgIpc) is 2.87. The standard InChI is InChI=1S/C12H12F2N2O3S/c13-9-2-1-8(12(14)3-9)5-16-20(18,19)11-4-10(7-17)15-6-11/h1-4,6,15-17H,5,7H2. The quantitative estimate of drug-likeness (QED) is 0.778. The zero-order valence-corrected chi connectivity index (χ0v) is 11.0. The Kier molecular flexibility index (Phi) is 4.17. The Morgan fingerprint density at radius 3 is 2.60 bits per heavy atom. The molecule has 0 spiro atoms. The summed E-state index contributed by atoms with van der Waals surface area (Å²) in [6, 6.07) is 4.17. The minimum atomic E-state index is -3.83. The lowest BCUT2D eigenvalue weighted by molar-refractivity contribution is 0.277. The van der Waals surface area contributed by atoms with E-state index in [9.17, 15) is 17.2 Å². The topological polar surface area (TPSA) is 82.2 Å². The second-order valence-corrected chi connectivity index (χ2v) is 5.85. The maximum Gasteiger partial charge on any atom is 0.242 e. The molecule has 0 fully saturated rings. The van der Waals surface area contributed by atoms with Gasteiger partial charge in [-0.25, -0.2) is 21.9 Å². The minimum Gasteiger partial charge on any atom is -0.390 e. The van der Waals surface area contributed by atoms with Crippen molar-refractivity contribution < 1.29 is 22.3 Å². The number of rotatable bonds is 5. The van der Waals surface area contributed by atoms with Crippen LogP contribution in [0.15, 0.2) is 35.4 Å². The zero-order valence-electron chi connectivity index (χ0n) is 10.2. The molecule has 0 saturated heterocycles. The Morgan fingerprint density at radius 1 is 1.25 bits per heavy atom. The highest BCUT2D eigenvalue weighted by Crippen LogP contribution is 2.13. The Labute approximate surface area is 114 Å². The van der Waals surface area contributed by atoms with Crippen molar-refractivity contribution in [2.75, 3.05) is 0 Å². The second-order valence-electron chi connectivity index (χ2n) is 4.08. The van der Waals surface area contributed by atoms with E-state index in [1.807, 2.05) is 0 Å². The lowest BCUT2D eigenvalue weighted by atomic mass is 10.2. The maximum atomic E-state index is 13.4. The second kappa shape index (κ2) is 5.70. The van der Waals surface area contributed by atoms with Gasteiger partial charge in [-0.1, -0.05) is 6.07 Å². The van der Waals surface area contributed by atoms with Gasteiger partial charge in [0.15, 0.2) is 0 Å². The normalized spacial score (nSPS) is 11.8. The molecule has 0 aliphatic rings. The molecule has 3 N–H and O–H groups in total. The molecule has 5 nitrogen and oxygen atoms in total. The molecular weight excluding hydrogens is 290 g/mol. The van der Waals surface area contributed by atoms with E-state index in [-0.39, 0.29) is 23.6 Å². The van der Waals surface area contributed by atoms with E-state index in [0.29, 0.717) is 11.8 Å². The van der Waals surface area contributed by atoms with Crippen molar-refractivity contribution in [3.05, 3.63) is 53.4 Å². The van der Waals surface area contributed by atoms with Gasteiger partial charge in [-0.15, -0.1) is 0 Å². The van der Waals surface area contributed by atoms with Gasteiger partial charge in [0, 0.05) is 30.1 Å². The predicted octanol–water partition coefficient (Wildman–Crippen LogP) is 1.26. The molecule has 0 atom stereocenters. The number of hydrogen-bond donors (Lipinski definition) is 3. The van der Waals surface area contributed by atoms with Crippen molar-refractivity contribution >= 4 is 10.0 Å². The zero-order chi connectivity index (χ0) is 14.8. The summed E-state index contributed by atoms with van der Waals surface area (Å²) in [6.07, 6.45) is 1.22. The number of aliphatic hydroxyl groups is 1. The van der Waals surface area contributed by atoms with Crippen LogP contribution in [0.4, 0.5) is 8.78 Å². The van der Waals surface area contributed by atoms with E-state index in [0.717, 1.165) is 6.07 Å². The molecule has 20 heavy (non-hydrogen) atoms. The van der Waals surface area contributed by atoms with Gasteiger partial charge in [0.1, 0.15) is 11.6 Å². The number of H-pyrrole nitrogens is 1. The van der Waals surface area contributed by atoms with Crippen molar-refractivity contribution in [3.63, 3.8) is 0 Å². The molecule has 8 heteroatoms. The van der Waals surface area contributed by atoms with Gasteiger partial charge in [-0.3, -0.25) is 0 Å². The molecular formula is C12H12F2N2O3S. The lowest BCUT2D eigenvalue weighted by Crippen LogP contribution is -2.23. The predicted molar refractivity (Wildman–Crippen MR) is 67.1 cm³/mol. The summed E-state index contributed by atoms with van der Waals surface area (Å²) in [5, 5.41) is 8.86. The molecule has 108 valence electrons. The summed E-state index contributed by atoms with van der Waals surface area (Å²) in [7, 11) is -3.83. The van der Waals surface area contributed by atoms with Crippen LogP contribution in [-0.4, -0.2) is 18.5 Å². The average molecular weight is 302 g/mol. The van der Waals surface area contributed by atoms with Crippen molar-refractivity contribution in [1.29, 1.82) is 0 Å². The van der Waals surface area contributed by atoms with Crippen molar-refractivity contribution in [1.82, 2.24) is 9.71 Å². The van der Waals surface area contributed by atoms with Gasteiger partial charge in [0.25, 0.3) is 0 Å². The number of benzene rings is 1. The molecule has 2 aromatic rings. The first-order valence-corrected chi connectivity index (χ1v) is 7.12. The highest BCUT2D eigenvalue weighted by atomic mass is 32.2. The third-order valence-corrected chi connectivity index (χ3v) is 4.05. The SMILES string of the molecule is O=S(=O)(NCc1ccc(F)cc1F)c1c[nH]c(CO)c1. The number of halogens is 2. The van der Waals surface area contributed by atoms with Crippen molar-refractivity contribution in [2.24, 2.45) is 0 Å². The van der Waals surface area contributed by atoms with Crippen LogP contribution in [0.2, 0.25) is 0 Å². The van der Waals surface area contributed by atoms with Crippen LogP contribution in [-0.2, 0) is 23.2 Å². The highest BCUT2D eigenvalue weighted by molar-refractivity contribution is 7.89. The fraction of sp³-hybridized carbons (Fsp3) is 0.167. The third kappa shape index (κ3) is 3.21. The van der Waals surface area contributed by atoms with E-state index >= 15 is 0 Å². The summed E-state index contributed by atoms with van der Waals surface area (Å²) in [5.41, 5.74) is 0.381. The van der Waals surface area contributed by atoms with E-state index in [2.05, 4.69) is 9.71 Å². The molecule has 0 aliphatic heterocycles. The molecule has 1 aromatic heterocycles. The van der Waals surface area contributed by atoms with Crippen LogP contribution in [0.1, 0.15) is 11.3 Å². The number of hydrogen-bond acceptors (Lipinski definition) is 3. The fourth-order valence-electron chi connectivity index (χ4n) is 1.59. The Balaban J connectivity index is 2.13. The number of aliphatic hydroxyl groups excluding tert-OH is 1. The largest absolute Gasteiger partial charge is 0.390 e. The number of sulfonamides is 1. The summed E-state index contributed by atoms with van der Waals surface area (Å²) in [5.74, 6) is -1.55. The first-order valence-electron chi connectivity index (χ1n) is 5.64. The minimum absolute atomic E-state index is 0.0351. The van der Waals surface area contributed by atoms with E-state index in [1.165, 1.54) is 18.3 Å². The first kappa shape index (κ1) is 14.6. The first-order chi connectivity index (χ1) is 9.42. The van der Waals surface area contributed by atoms with Gasteiger partial charge in [0.2, 0.25) is 10.0 Å². The van der Waals surface area contributed by atoms with Gasteiger partial charge < -0.3 is 10.1 Å². The fourth-order valence-corrected chi connectivity index (χ4v) is 2.61. The maximum absolute atomic E-state index is 13.4. The number of nitrogens with one attached hydrogen (secondary N) is 2. The van der Waals surface area contributed by atoms with Crippen LogP contribution < -0.4 is 4.72 Å². The molecule has 2 rings (SSSR count). The molecule has 1 aromatic carbocycles. The lowest BCUT2D eigenvalue weighted by Gasteiger charge is -2.06. The van der Waals surface area contributed by atoms with Gasteiger partial charge in [-0.05, 0) is 12.1 Å². The molecule has 1 heterocycles. The van der Waals surface area contributed by atoms with E-state index in [4.69, 9.17) is 5.11 Å². The van der Waals surface area contributed by atoms with Crippen molar-refractivity contribution in [3.8, 4) is 0 Å². The number of aromatic amines is 1. The summed E-state index contributed by atoms with van der Waals surface area (Å²) >= 11 is 0. The monoisotopic (exact) mass is 302 g/mol. The molecule has 0 radical (unpaired) electrons. The van der Waals surface area contributed by atoms with Crippen LogP contribution >= 0.6 is 0 Å². The van der Waals surface area contributed by atoms with Crippen LogP contribution in [0, 0.1) is 11.6 Å². The summed E-state index contributed by atoms with van der Waals surface area (Å²) < 4.78 is 52.1. The van der Waals surface area contributed by atoms with Crippen LogP contribution in [0.25, 0.3) is 0 Å². The van der Waals surface area contributed by atoms with Crippen LogP contribution in [0.3, 0.4) is 0 Å². The smallest absolute Gasteiger partial charge is 0.242 e. The molecule has 0 unspecified atom stereocenters. The van der Waals surface area contributed by atoms with Gasteiger partial charge in [-0.2, -0.15) is 0 Å². The molecule has 0 aliphatic carbocycles. The Morgan fingerprint density at radius 2 is 2.00 bits per heavy atom. The molecule has 0 bridgehead atoms. The third-order valence-electron chi connectivity index (χ3n) is 2.66. The van der Waals surface area contributed by atoms with E-state index < -0.39 is 21.7 Å². The summed E-state index contributed by atoms with van der Waals surface area (Å²) in [4.78, 5) is 2.52. The van der Waals surface area contributed by atoms with Crippen molar-refractivity contribution in [2.45, 2.75) is 18.0 Å². The van der Waals surface area contributed by atoms with Gasteiger partial charge in [0.05, 0.1) is 11.5 Å². The highest BCUT2D eigenvalue weighted by Gasteiger charge is 2.16. The van der Waals surface area contributed by atoms with Crippen LogP contribution in [0.5, 0.6) is 0 Å². The summed E-state index contributed by atoms with van der Waals surface area (Å²) in [6.45, 7) is -0.615. The number of aromatic nitrogens is 1. The molecule has 0 amide bonds. The van der Waals surface area contributed by atoms with E-state index in [1.54, 1.807) is 0 Å². The Hall–Kier alpha value is -1.77. The van der Waals surface area contributed by atoms with Gasteiger partial charge >= 0.3 is 0 Å². The molecule has 0 saturated carbocycles.